The van der Waals surface area contributed by atoms with Gasteiger partial charge in [-0.05, 0) is 53.9 Å². The highest BCUT2D eigenvalue weighted by atomic mass is 16.3. The van der Waals surface area contributed by atoms with E-state index in [2.05, 4.69) is 58.5 Å². The Morgan fingerprint density at radius 1 is 1.00 bits per heavy atom. The van der Waals surface area contributed by atoms with Crippen molar-refractivity contribution in [3.8, 4) is 11.1 Å². The number of aromatic nitrogens is 1. The number of anilines is 1. The van der Waals surface area contributed by atoms with Crippen molar-refractivity contribution in [3.05, 3.63) is 84.4 Å². The second-order valence-electron chi connectivity index (χ2n) is 8.45. The normalized spacial score (nSPS) is 14.5. The number of furan rings is 1. The van der Waals surface area contributed by atoms with E-state index in [4.69, 9.17) is 4.42 Å². The summed E-state index contributed by atoms with van der Waals surface area (Å²) in [6.07, 6.45) is 4.65. The standard InChI is InChI=1S/C27H28N4O2/c1-2-20-5-8-24(9-6-20)29-27(32)31-14-12-30(13-15-31)19-25-17-23-16-21(7-10-26(23)33-25)22-4-3-11-28-18-22/h3-11,16-18H,2,12-15,19H2,1H3,(H,29,32). The Morgan fingerprint density at radius 3 is 2.55 bits per heavy atom. The lowest BCUT2D eigenvalue weighted by Gasteiger charge is -2.34. The van der Waals surface area contributed by atoms with Crippen LogP contribution >= 0.6 is 0 Å². The van der Waals surface area contributed by atoms with E-state index in [0.717, 1.165) is 59.6 Å². The van der Waals surface area contributed by atoms with Crippen molar-refractivity contribution in [1.82, 2.24) is 14.8 Å². The van der Waals surface area contributed by atoms with E-state index in [0.29, 0.717) is 13.1 Å². The molecule has 1 N–H and O–H groups in total. The van der Waals surface area contributed by atoms with Crippen LogP contribution in [0.3, 0.4) is 0 Å². The van der Waals surface area contributed by atoms with Gasteiger partial charge in [-0.2, -0.15) is 0 Å². The molecule has 2 amide bonds. The maximum atomic E-state index is 12.6. The fraction of sp³-hybridized carbons (Fsp3) is 0.259. The molecule has 2 aromatic carbocycles. The number of benzene rings is 2. The van der Waals surface area contributed by atoms with Crippen molar-refractivity contribution in [2.24, 2.45) is 0 Å². The molecule has 6 heteroatoms. The van der Waals surface area contributed by atoms with Gasteiger partial charge in [-0.15, -0.1) is 0 Å². The van der Waals surface area contributed by atoms with E-state index in [-0.39, 0.29) is 6.03 Å². The van der Waals surface area contributed by atoms with Gasteiger partial charge >= 0.3 is 6.03 Å². The summed E-state index contributed by atoms with van der Waals surface area (Å²) in [4.78, 5) is 21.0. The Hall–Kier alpha value is -3.64. The number of urea groups is 1. The molecule has 1 aliphatic rings. The summed E-state index contributed by atoms with van der Waals surface area (Å²) in [6.45, 7) is 5.90. The lowest BCUT2D eigenvalue weighted by molar-refractivity contribution is 0.137. The van der Waals surface area contributed by atoms with Crippen LogP contribution in [0.25, 0.3) is 22.1 Å². The summed E-state index contributed by atoms with van der Waals surface area (Å²) in [5.41, 5.74) is 5.22. The van der Waals surface area contributed by atoms with Gasteiger partial charge in [0.25, 0.3) is 0 Å². The van der Waals surface area contributed by atoms with E-state index >= 15 is 0 Å². The SMILES string of the molecule is CCc1ccc(NC(=O)N2CCN(Cc3cc4cc(-c5cccnc5)ccc4o3)CC2)cc1. The molecule has 2 aromatic heterocycles. The highest BCUT2D eigenvalue weighted by Gasteiger charge is 2.22. The third-order valence-corrected chi connectivity index (χ3v) is 6.21. The Bertz CT molecular complexity index is 1230. The van der Waals surface area contributed by atoms with Crippen LogP contribution in [-0.2, 0) is 13.0 Å². The van der Waals surface area contributed by atoms with E-state index < -0.39 is 0 Å². The van der Waals surface area contributed by atoms with E-state index in [1.54, 1.807) is 6.20 Å². The molecule has 0 radical (unpaired) electrons. The number of nitrogens with one attached hydrogen (secondary N) is 1. The number of fused-ring (bicyclic) bond motifs is 1. The number of nitrogens with zero attached hydrogens (tertiary/aromatic N) is 3. The second kappa shape index (κ2) is 9.46. The molecule has 0 aliphatic carbocycles. The molecule has 0 spiro atoms. The monoisotopic (exact) mass is 440 g/mol. The number of carbonyl (C=O) groups is 1. The lowest BCUT2D eigenvalue weighted by atomic mass is 10.1. The maximum Gasteiger partial charge on any atom is 0.321 e. The minimum atomic E-state index is -0.0365. The molecule has 0 unspecified atom stereocenters. The lowest BCUT2D eigenvalue weighted by Crippen LogP contribution is -2.49. The molecule has 1 fully saturated rings. The Labute approximate surface area is 193 Å². The molecule has 33 heavy (non-hydrogen) atoms. The quantitative estimate of drug-likeness (QED) is 0.451. The average Bonchev–Trinajstić information content (AvgIpc) is 3.27. The summed E-state index contributed by atoms with van der Waals surface area (Å²) in [7, 11) is 0. The van der Waals surface area contributed by atoms with Gasteiger partial charge in [0, 0.05) is 55.2 Å². The molecule has 168 valence electrons. The zero-order valence-electron chi connectivity index (χ0n) is 18.8. The fourth-order valence-electron chi connectivity index (χ4n) is 4.25. The van der Waals surface area contributed by atoms with E-state index in [9.17, 15) is 4.79 Å². The minimum Gasteiger partial charge on any atom is -0.460 e. The number of piperazine rings is 1. The smallest absolute Gasteiger partial charge is 0.321 e. The van der Waals surface area contributed by atoms with Crippen molar-refractivity contribution in [2.75, 3.05) is 31.5 Å². The van der Waals surface area contributed by atoms with Crippen LogP contribution in [0.2, 0.25) is 0 Å². The Morgan fingerprint density at radius 2 is 1.82 bits per heavy atom. The summed E-state index contributed by atoms with van der Waals surface area (Å²) >= 11 is 0. The number of hydrogen-bond acceptors (Lipinski definition) is 4. The van der Waals surface area contributed by atoms with Crippen molar-refractivity contribution in [3.63, 3.8) is 0 Å². The minimum absolute atomic E-state index is 0.0365. The van der Waals surface area contributed by atoms with Crippen LogP contribution < -0.4 is 5.32 Å². The zero-order chi connectivity index (χ0) is 22.6. The predicted octanol–water partition coefficient (Wildman–Crippen LogP) is 5.41. The van der Waals surface area contributed by atoms with E-state index in [1.807, 2.05) is 35.4 Å². The van der Waals surface area contributed by atoms with Crippen LogP contribution in [0.15, 0.2) is 77.5 Å². The van der Waals surface area contributed by atoms with Gasteiger partial charge in [0.2, 0.25) is 0 Å². The molecule has 6 nitrogen and oxygen atoms in total. The third kappa shape index (κ3) is 4.91. The topological polar surface area (TPSA) is 61.6 Å². The first kappa shape index (κ1) is 21.2. The molecule has 4 aromatic rings. The molecule has 1 saturated heterocycles. The van der Waals surface area contributed by atoms with Crippen LogP contribution in [0.4, 0.5) is 10.5 Å². The van der Waals surface area contributed by atoms with Gasteiger partial charge in [-0.1, -0.05) is 31.2 Å². The number of carbonyl (C=O) groups excluding carboxylic acids is 1. The van der Waals surface area contributed by atoms with Gasteiger partial charge in [0.05, 0.1) is 6.54 Å². The van der Waals surface area contributed by atoms with Gasteiger partial charge in [-0.25, -0.2) is 4.79 Å². The van der Waals surface area contributed by atoms with Crippen molar-refractivity contribution < 1.29 is 9.21 Å². The summed E-state index contributed by atoms with van der Waals surface area (Å²) in [5, 5.41) is 4.11. The number of aryl methyl sites for hydroxylation is 1. The Balaban J connectivity index is 1.17. The van der Waals surface area contributed by atoms with Crippen molar-refractivity contribution >= 4 is 22.7 Å². The average molecular weight is 441 g/mol. The van der Waals surface area contributed by atoms with Crippen molar-refractivity contribution in [1.29, 1.82) is 0 Å². The van der Waals surface area contributed by atoms with Crippen LogP contribution in [-0.4, -0.2) is 47.0 Å². The highest BCUT2D eigenvalue weighted by molar-refractivity contribution is 5.89. The predicted molar refractivity (Wildman–Crippen MR) is 131 cm³/mol. The van der Waals surface area contributed by atoms with Gasteiger partial charge in [0.1, 0.15) is 11.3 Å². The molecule has 5 rings (SSSR count). The third-order valence-electron chi connectivity index (χ3n) is 6.21. The molecule has 3 heterocycles. The zero-order valence-corrected chi connectivity index (χ0v) is 18.8. The number of pyridine rings is 1. The first-order chi connectivity index (χ1) is 16.2. The first-order valence-electron chi connectivity index (χ1n) is 11.5. The molecule has 1 aliphatic heterocycles. The van der Waals surface area contributed by atoms with Gasteiger partial charge in [0.15, 0.2) is 0 Å². The molecular weight excluding hydrogens is 412 g/mol. The highest BCUT2D eigenvalue weighted by Crippen LogP contribution is 2.27. The second-order valence-corrected chi connectivity index (χ2v) is 8.45. The first-order valence-corrected chi connectivity index (χ1v) is 11.5. The van der Waals surface area contributed by atoms with Crippen LogP contribution in [0, 0.1) is 0 Å². The fourth-order valence-corrected chi connectivity index (χ4v) is 4.25. The van der Waals surface area contributed by atoms with E-state index in [1.165, 1.54) is 5.56 Å². The number of rotatable bonds is 5. The number of amides is 2. The molecule has 0 atom stereocenters. The summed E-state index contributed by atoms with van der Waals surface area (Å²) < 4.78 is 6.08. The van der Waals surface area contributed by atoms with Gasteiger partial charge < -0.3 is 14.6 Å². The summed E-state index contributed by atoms with van der Waals surface area (Å²) in [5.74, 6) is 0.947. The summed E-state index contributed by atoms with van der Waals surface area (Å²) in [6, 6.07) is 20.4. The number of hydrogen-bond donors (Lipinski definition) is 1. The molecule has 0 saturated carbocycles. The molecular formula is C27H28N4O2. The van der Waals surface area contributed by atoms with Crippen LogP contribution in [0.5, 0.6) is 0 Å². The molecule has 0 bridgehead atoms. The largest absolute Gasteiger partial charge is 0.460 e. The van der Waals surface area contributed by atoms with Crippen molar-refractivity contribution in [2.45, 2.75) is 19.9 Å². The van der Waals surface area contributed by atoms with Gasteiger partial charge in [-0.3, -0.25) is 9.88 Å². The maximum absolute atomic E-state index is 12.6. The van der Waals surface area contributed by atoms with Crippen LogP contribution in [0.1, 0.15) is 18.2 Å². The Kier molecular flexibility index (Phi) is 6.09.